The van der Waals surface area contributed by atoms with Gasteiger partial charge in [-0.1, -0.05) is 32.9 Å². The molecule has 1 aromatic carbocycles. The Morgan fingerprint density at radius 1 is 1.29 bits per heavy atom. The van der Waals surface area contributed by atoms with Crippen LogP contribution in [0.25, 0.3) is 0 Å². The van der Waals surface area contributed by atoms with Gasteiger partial charge in [-0.25, -0.2) is 0 Å². The van der Waals surface area contributed by atoms with Crippen molar-refractivity contribution in [2.75, 3.05) is 20.2 Å². The van der Waals surface area contributed by atoms with Crippen molar-refractivity contribution in [1.29, 1.82) is 0 Å². The number of hydrogen-bond acceptors (Lipinski definition) is 3. The van der Waals surface area contributed by atoms with Gasteiger partial charge in [-0.15, -0.1) is 0 Å². The highest BCUT2D eigenvalue weighted by Gasteiger charge is 2.34. The summed E-state index contributed by atoms with van der Waals surface area (Å²) in [5.41, 5.74) is 0.567. The third-order valence-corrected chi connectivity index (χ3v) is 4.41. The largest absolute Gasteiger partial charge is 0.497 e. The van der Waals surface area contributed by atoms with E-state index >= 15 is 0 Å². The second-order valence-corrected chi connectivity index (χ2v) is 5.60. The Morgan fingerprint density at radius 3 is 2.29 bits per heavy atom. The number of ether oxygens (including phenoxy) is 1. The van der Waals surface area contributed by atoms with E-state index in [0.717, 1.165) is 12.3 Å². The van der Waals surface area contributed by atoms with Crippen LogP contribution in [-0.4, -0.2) is 31.3 Å². The number of rotatable bonds is 9. The van der Waals surface area contributed by atoms with Crippen LogP contribution in [0.2, 0.25) is 0 Å². The molecule has 4 nitrogen and oxygen atoms in total. The number of benzene rings is 1. The van der Waals surface area contributed by atoms with E-state index in [4.69, 9.17) is 4.74 Å². The molecule has 118 valence electrons. The molecule has 0 bridgehead atoms. The van der Waals surface area contributed by atoms with Gasteiger partial charge in [0.05, 0.1) is 12.5 Å². The van der Waals surface area contributed by atoms with Crippen LogP contribution >= 0.6 is 0 Å². The molecule has 0 aliphatic carbocycles. The fourth-order valence-corrected chi connectivity index (χ4v) is 2.46. The summed E-state index contributed by atoms with van der Waals surface area (Å²) in [6.07, 6.45) is 1.28. The number of hydrogen-bond donors (Lipinski definition) is 2. The molecule has 4 heteroatoms. The lowest BCUT2D eigenvalue weighted by atomic mass is 9.82. The van der Waals surface area contributed by atoms with Crippen molar-refractivity contribution in [3.63, 3.8) is 0 Å². The first kappa shape index (κ1) is 17.5. The van der Waals surface area contributed by atoms with Crippen LogP contribution in [0, 0.1) is 5.41 Å². The van der Waals surface area contributed by atoms with Crippen LogP contribution in [0.15, 0.2) is 24.3 Å². The zero-order valence-electron chi connectivity index (χ0n) is 13.5. The summed E-state index contributed by atoms with van der Waals surface area (Å²) in [6.45, 7) is 7.28. The molecule has 0 fully saturated rings. The molecular weight excluding hydrogens is 266 g/mol. The molecule has 0 aromatic heterocycles. The van der Waals surface area contributed by atoms with Gasteiger partial charge in [0.2, 0.25) is 0 Å². The Hall–Kier alpha value is -1.55. The van der Waals surface area contributed by atoms with Crippen LogP contribution in [0.1, 0.15) is 45.1 Å². The molecule has 0 aliphatic rings. The average molecular weight is 293 g/mol. The van der Waals surface area contributed by atoms with Gasteiger partial charge in [0.1, 0.15) is 5.75 Å². The quantitative estimate of drug-likeness (QED) is 0.733. The predicted octanol–water partition coefficient (Wildman–Crippen LogP) is 3.28. The van der Waals surface area contributed by atoms with E-state index in [9.17, 15) is 9.90 Å². The fourth-order valence-electron chi connectivity index (χ4n) is 2.46. The normalized spacial score (nSPS) is 13.0. The van der Waals surface area contributed by atoms with Gasteiger partial charge in [-0.05, 0) is 36.5 Å². The first-order valence-corrected chi connectivity index (χ1v) is 7.57. The van der Waals surface area contributed by atoms with Crippen LogP contribution < -0.4 is 10.1 Å². The number of aliphatic carboxylic acids is 1. The van der Waals surface area contributed by atoms with Crippen molar-refractivity contribution in [2.45, 2.75) is 39.5 Å². The number of carboxylic acid groups (broad SMARTS) is 1. The molecule has 0 aliphatic heterocycles. The van der Waals surface area contributed by atoms with Gasteiger partial charge in [0.25, 0.3) is 0 Å². The molecule has 1 aromatic rings. The monoisotopic (exact) mass is 293 g/mol. The smallest absolute Gasteiger partial charge is 0.310 e. The van der Waals surface area contributed by atoms with Crippen LogP contribution in [-0.2, 0) is 4.79 Å². The van der Waals surface area contributed by atoms with Gasteiger partial charge < -0.3 is 15.2 Å². The zero-order valence-corrected chi connectivity index (χ0v) is 13.5. The highest BCUT2D eigenvalue weighted by molar-refractivity contribution is 5.74. The standard InChI is InChI=1S/C17H27NO3/c1-5-17(6-2,16(19)20)12-18-11-13(3)14-7-9-15(21-4)10-8-14/h7-10,13,18H,5-6,11-12H2,1-4H3,(H,19,20). The Morgan fingerprint density at radius 2 is 1.86 bits per heavy atom. The minimum absolute atomic E-state index is 0.330. The van der Waals surface area contributed by atoms with Gasteiger partial charge >= 0.3 is 5.97 Å². The summed E-state index contributed by atoms with van der Waals surface area (Å²) >= 11 is 0. The van der Waals surface area contributed by atoms with Crippen LogP contribution in [0.5, 0.6) is 5.75 Å². The molecule has 1 unspecified atom stereocenters. The molecule has 21 heavy (non-hydrogen) atoms. The van der Waals surface area contributed by atoms with E-state index in [0.29, 0.717) is 25.3 Å². The van der Waals surface area contributed by atoms with Gasteiger partial charge in [-0.2, -0.15) is 0 Å². The van der Waals surface area contributed by atoms with Gasteiger partial charge in [0.15, 0.2) is 0 Å². The molecule has 1 rings (SSSR count). The van der Waals surface area contributed by atoms with Gasteiger partial charge in [-0.3, -0.25) is 4.79 Å². The zero-order chi connectivity index (χ0) is 15.9. The number of carboxylic acids is 1. The SMILES string of the molecule is CCC(CC)(CNCC(C)c1ccc(OC)cc1)C(=O)O. The molecule has 1 atom stereocenters. The number of nitrogens with one attached hydrogen (secondary N) is 1. The summed E-state index contributed by atoms with van der Waals surface area (Å²) in [5.74, 6) is 0.467. The molecule has 0 heterocycles. The molecule has 0 amide bonds. The van der Waals surface area contributed by atoms with Crippen LogP contribution in [0.3, 0.4) is 0 Å². The maximum absolute atomic E-state index is 11.4. The van der Waals surface area contributed by atoms with E-state index in [1.165, 1.54) is 5.56 Å². The molecule has 0 radical (unpaired) electrons. The van der Waals surface area contributed by atoms with Crippen LogP contribution in [0.4, 0.5) is 0 Å². The first-order valence-electron chi connectivity index (χ1n) is 7.57. The summed E-state index contributed by atoms with van der Waals surface area (Å²) in [6, 6.07) is 8.00. The second-order valence-electron chi connectivity index (χ2n) is 5.60. The van der Waals surface area contributed by atoms with E-state index in [1.54, 1.807) is 7.11 Å². The lowest BCUT2D eigenvalue weighted by Crippen LogP contribution is -2.41. The van der Waals surface area contributed by atoms with E-state index < -0.39 is 11.4 Å². The maximum Gasteiger partial charge on any atom is 0.310 e. The summed E-state index contributed by atoms with van der Waals surface area (Å²) in [5, 5.41) is 12.7. The maximum atomic E-state index is 11.4. The Bertz CT molecular complexity index is 438. The lowest BCUT2D eigenvalue weighted by Gasteiger charge is -2.27. The topological polar surface area (TPSA) is 58.6 Å². The molecular formula is C17H27NO3. The predicted molar refractivity (Wildman–Crippen MR) is 84.9 cm³/mol. The number of carbonyl (C=O) groups is 1. The molecule has 0 saturated carbocycles. The highest BCUT2D eigenvalue weighted by atomic mass is 16.5. The summed E-state index contributed by atoms with van der Waals surface area (Å²) in [7, 11) is 1.65. The Labute approximate surface area is 127 Å². The minimum atomic E-state index is -0.711. The Kier molecular flexibility index (Phi) is 6.69. The van der Waals surface area contributed by atoms with Crippen molar-refractivity contribution in [3.8, 4) is 5.75 Å². The summed E-state index contributed by atoms with van der Waals surface area (Å²) < 4.78 is 5.15. The first-order chi connectivity index (χ1) is 9.99. The Balaban J connectivity index is 2.55. The van der Waals surface area contributed by atoms with E-state index in [2.05, 4.69) is 24.4 Å². The highest BCUT2D eigenvalue weighted by Crippen LogP contribution is 2.26. The van der Waals surface area contributed by atoms with Crippen molar-refractivity contribution in [1.82, 2.24) is 5.32 Å². The van der Waals surface area contributed by atoms with Crippen molar-refractivity contribution < 1.29 is 14.6 Å². The summed E-state index contributed by atoms with van der Waals surface area (Å²) in [4.78, 5) is 11.4. The number of methoxy groups -OCH3 is 1. The molecule has 0 spiro atoms. The lowest BCUT2D eigenvalue weighted by molar-refractivity contribution is -0.149. The second kappa shape index (κ2) is 8.03. The molecule has 2 N–H and O–H groups in total. The fraction of sp³-hybridized carbons (Fsp3) is 0.588. The van der Waals surface area contributed by atoms with Crippen molar-refractivity contribution in [2.24, 2.45) is 5.41 Å². The van der Waals surface area contributed by atoms with E-state index in [-0.39, 0.29) is 0 Å². The van der Waals surface area contributed by atoms with Gasteiger partial charge in [0, 0.05) is 13.1 Å². The average Bonchev–Trinajstić information content (AvgIpc) is 2.51. The van der Waals surface area contributed by atoms with E-state index in [1.807, 2.05) is 26.0 Å². The van der Waals surface area contributed by atoms with Crippen molar-refractivity contribution >= 4 is 5.97 Å². The third kappa shape index (κ3) is 4.46. The molecule has 0 saturated heterocycles. The minimum Gasteiger partial charge on any atom is -0.497 e. The third-order valence-electron chi connectivity index (χ3n) is 4.41. The van der Waals surface area contributed by atoms with Crippen molar-refractivity contribution in [3.05, 3.63) is 29.8 Å².